The predicted octanol–water partition coefficient (Wildman–Crippen LogP) is 2.58. The van der Waals surface area contributed by atoms with Gasteiger partial charge >= 0.3 is 0 Å². The van der Waals surface area contributed by atoms with Crippen molar-refractivity contribution < 1.29 is 14.0 Å². The second-order valence-corrected chi connectivity index (χ2v) is 7.93. The van der Waals surface area contributed by atoms with Crippen molar-refractivity contribution in [1.82, 2.24) is 15.1 Å². The van der Waals surface area contributed by atoms with E-state index in [1.807, 2.05) is 4.90 Å². The Morgan fingerprint density at radius 1 is 1.18 bits per heavy atom. The number of nitrogens with one attached hydrogen (secondary N) is 1. The fourth-order valence-electron chi connectivity index (χ4n) is 3.87. The van der Waals surface area contributed by atoms with Gasteiger partial charge in [0.25, 0.3) is 5.91 Å². The van der Waals surface area contributed by atoms with Gasteiger partial charge in [-0.15, -0.1) is 0 Å². The van der Waals surface area contributed by atoms with Crippen LogP contribution in [0, 0.1) is 17.1 Å². The lowest BCUT2D eigenvalue weighted by Gasteiger charge is -2.36. The molecule has 0 bridgehead atoms. The monoisotopic (exact) mass is 406 g/mol. The van der Waals surface area contributed by atoms with Gasteiger partial charge in [0, 0.05) is 31.2 Å². The maximum Gasteiger partial charge on any atom is 0.256 e. The lowest BCUT2D eigenvalue weighted by atomic mass is 9.83. The Labute approximate surface area is 169 Å². The van der Waals surface area contributed by atoms with Crippen LogP contribution in [0.25, 0.3) is 0 Å². The van der Waals surface area contributed by atoms with Gasteiger partial charge in [0.2, 0.25) is 5.91 Å². The lowest BCUT2D eigenvalue weighted by molar-refractivity contribution is -0.124. The van der Waals surface area contributed by atoms with Gasteiger partial charge in [0.05, 0.1) is 18.2 Å². The van der Waals surface area contributed by atoms with Crippen LogP contribution in [0.5, 0.6) is 0 Å². The normalized spacial score (nSPS) is 19.7. The molecule has 8 heteroatoms. The molecule has 1 saturated heterocycles. The first-order chi connectivity index (χ1) is 13.4. The van der Waals surface area contributed by atoms with E-state index in [1.54, 1.807) is 4.90 Å². The summed E-state index contributed by atoms with van der Waals surface area (Å²) >= 11 is 5.87. The second-order valence-electron chi connectivity index (χ2n) is 7.50. The summed E-state index contributed by atoms with van der Waals surface area (Å²) < 4.78 is 13.9. The van der Waals surface area contributed by atoms with Crippen molar-refractivity contribution >= 4 is 23.4 Å². The average Bonchev–Trinajstić information content (AvgIpc) is 2.70. The van der Waals surface area contributed by atoms with E-state index in [9.17, 15) is 19.2 Å². The molecule has 0 aromatic heterocycles. The van der Waals surface area contributed by atoms with Crippen LogP contribution >= 0.6 is 11.6 Å². The minimum atomic E-state index is -0.739. The summed E-state index contributed by atoms with van der Waals surface area (Å²) in [6, 6.07) is 6.22. The van der Waals surface area contributed by atoms with E-state index in [0.29, 0.717) is 44.0 Å². The first-order valence-corrected chi connectivity index (χ1v) is 9.99. The Kier molecular flexibility index (Phi) is 6.53. The zero-order valence-electron chi connectivity index (χ0n) is 15.7. The summed E-state index contributed by atoms with van der Waals surface area (Å²) in [7, 11) is 0. The number of nitrogens with zero attached hydrogens (tertiary/aromatic N) is 3. The number of hydrogen-bond donors (Lipinski definition) is 1. The summed E-state index contributed by atoms with van der Waals surface area (Å²) in [5, 5.41) is 12.7. The highest BCUT2D eigenvalue weighted by molar-refractivity contribution is 6.31. The van der Waals surface area contributed by atoms with E-state index in [2.05, 4.69) is 11.4 Å². The third-order valence-electron chi connectivity index (χ3n) is 5.49. The number of amides is 2. The van der Waals surface area contributed by atoms with Gasteiger partial charge in [-0.3, -0.25) is 14.5 Å². The summed E-state index contributed by atoms with van der Waals surface area (Å²) in [5.74, 6) is -1.15. The van der Waals surface area contributed by atoms with Crippen molar-refractivity contribution in [2.45, 2.75) is 37.6 Å². The van der Waals surface area contributed by atoms with Crippen molar-refractivity contribution in [3.8, 4) is 6.07 Å². The smallest absolute Gasteiger partial charge is 0.256 e. The van der Waals surface area contributed by atoms with Crippen LogP contribution < -0.4 is 5.32 Å². The molecule has 2 amide bonds. The Bertz CT molecular complexity index is 781. The number of piperazine rings is 1. The van der Waals surface area contributed by atoms with E-state index in [4.69, 9.17) is 11.6 Å². The zero-order chi connectivity index (χ0) is 20.1. The Morgan fingerprint density at radius 3 is 2.50 bits per heavy atom. The fourth-order valence-corrected chi connectivity index (χ4v) is 4.04. The Hall–Kier alpha value is -2.17. The number of benzene rings is 1. The first kappa shape index (κ1) is 20.6. The second kappa shape index (κ2) is 8.89. The summed E-state index contributed by atoms with van der Waals surface area (Å²) in [4.78, 5) is 28.5. The van der Waals surface area contributed by atoms with Gasteiger partial charge in [0.15, 0.2) is 0 Å². The van der Waals surface area contributed by atoms with Gasteiger partial charge in [-0.2, -0.15) is 5.26 Å². The molecule has 0 radical (unpaired) electrons. The maximum absolute atomic E-state index is 13.9. The van der Waals surface area contributed by atoms with Crippen molar-refractivity contribution in [2.75, 3.05) is 32.7 Å². The van der Waals surface area contributed by atoms with E-state index in [1.165, 1.54) is 18.2 Å². The molecule has 1 N–H and O–H groups in total. The van der Waals surface area contributed by atoms with Gasteiger partial charge in [0.1, 0.15) is 11.4 Å². The van der Waals surface area contributed by atoms with Crippen LogP contribution in [-0.2, 0) is 4.79 Å². The van der Waals surface area contributed by atoms with E-state index >= 15 is 0 Å². The summed E-state index contributed by atoms with van der Waals surface area (Å²) in [5.41, 5.74) is -0.774. The van der Waals surface area contributed by atoms with Crippen LogP contribution in [-0.4, -0.2) is 59.9 Å². The van der Waals surface area contributed by atoms with Gasteiger partial charge in [-0.1, -0.05) is 30.9 Å². The van der Waals surface area contributed by atoms with Gasteiger partial charge < -0.3 is 10.2 Å². The van der Waals surface area contributed by atoms with E-state index < -0.39 is 17.3 Å². The maximum atomic E-state index is 13.9. The molecule has 2 fully saturated rings. The Morgan fingerprint density at radius 2 is 1.86 bits per heavy atom. The van der Waals surface area contributed by atoms with Gasteiger partial charge in [-0.25, -0.2) is 4.39 Å². The van der Waals surface area contributed by atoms with Crippen molar-refractivity contribution in [1.29, 1.82) is 5.26 Å². The van der Waals surface area contributed by atoms with Crippen molar-refractivity contribution in [3.63, 3.8) is 0 Å². The number of carbonyl (C=O) groups is 2. The zero-order valence-corrected chi connectivity index (χ0v) is 16.5. The number of rotatable bonds is 4. The van der Waals surface area contributed by atoms with Crippen LogP contribution in [0.2, 0.25) is 5.02 Å². The molecule has 0 atom stereocenters. The topological polar surface area (TPSA) is 76.4 Å². The molecule has 1 aromatic rings. The number of hydrogen-bond acceptors (Lipinski definition) is 4. The molecule has 0 unspecified atom stereocenters. The fraction of sp³-hybridized carbons (Fsp3) is 0.550. The standard InChI is InChI=1S/C20H24ClFN4O2/c21-15-4-5-17(22)16(12-15)19(28)26-10-8-25(9-11-26)13-18(27)24-20(14-23)6-2-1-3-7-20/h4-5,12H,1-3,6-11,13H2,(H,24,27). The van der Waals surface area contributed by atoms with Crippen LogP contribution in [0.4, 0.5) is 4.39 Å². The molecule has 3 rings (SSSR count). The molecule has 2 aliphatic rings. The minimum Gasteiger partial charge on any atom is -0.337 e. The van der Waals surface area contributed by atoms with Crippen molar-refractivity contribution in [2.24, 2.45) is 0 Å². The highest BCUT2D eigenvalue weighted by Gasteiger charge is 2.34. The highest BCUT2D eigenvalue weighted by atomic mass is 35.5. The van der Waals surface area contributed by atoms with Crippen LogP contribution in [0.15, 0.2) is 18.2 Å². The Balaban J connectivity index is 1.51. The molecule has 1 aliphatic carbocycles. The van der Waals surface area contributed by atoms with Gasteiger partial charge in [-0.05, 0) is 31.0 Å². The molecule has 6 nitrogen and oxygen atoms in total. The molecular formula is C20H24ClFN4O2. The van der Waals surface area contributed by atoms with Crippen LogP contribution in [0.3, 0.4) is 0 Å². The molecule has 1 aliphatic heterocycles. The quantitative estimate of drug-likeness (QED) is 0.833. The summed E-state index contributed by atoms with van der Waals surface area (Å²) in [6.45, 7) is 2.03. The largest absolute Gasteiger partial charge is 0.337 e. The molecule has 0 spiro atoms. The molecule has 1 aromatic carbocycles. The predicted molar refractivity (Wildman–Crippen MR) is 103 cm³/mol. The van der Waals surface area contributed by atoms with Crippen molar-refractivity contribution in [3.05, 3.63) is 34.6 Å². The van der Waals surface area contributed by atoms with Crippen LogP contribution in [0.1, 0.15) is 42.5 Å². The first-order valence-electron chi connectivity index (χ1n) is 9.61. The molecule has 150 valence electrons. The third-order valence-corrected chi connectivity index (χ3v) is 5.72. The molecular weight excluding hydrogens is 383 g/mol. The van der Waals surface area contributed by atoms with E-state index in [-0.39, 0.29) is 18.0 Å². The molecule has 1 heterocycles. The number of carbonyl (C=O) groups excluding carboxylic acids is 2. The lowest BCUT2D eigenvalue weighted by Crippen LogP contribution is -2.55. The minimum absolute atomic E-state index is 0.0352. The average molecular weight is 407 g/mol. The van der Waals surface area contributed by atoms with E-state index in [0.717, 1.165) is 19.3 Å². The third kappa shape index (κ3) is 4.81. The summed E-state index contributed by atoms with van der Waals surface area (Å²) in [6.07, 6.45) is 4.40. The number of nitriles is 1. The molecule has 28 heavy (non-hydrogen) atoms. The number of halogens is 2. The highest BCUT2D eigenvalue weighted by Crippen LogP contribution is 2.27. The SMILES string of the molecule is N#CC1(NC(=O)CN2CCN(C(=O)c3cc(Cl)ccc3F)CC2)CCCCC1. The molecule has 1 saturated carbocycles.